The van der Waals surface area contributed by atoms with Gasteiger partial charge in [-0.05, 0) is 45.2 Å². The second-order valence-electron chi connectivity index (χ2n) is 8.58. The first-order valence-corrected chi connectivity index (χ1v) is 10.3. The van der Waals surface area contributed by atoms with Gasteiger partial charge in [0.25, 0.3) is 5.91 Å². The van der Waals surface area contributed by atoms with E-state index < -0.39 is 5.60 Å². The Bertz CT molecular complexity index is 888. The molecule has 1 unspecified atom stereocenters. The third kappa shape index (κ3) is 5.14. The minimum atomic E-state index is -0.570. The van der Waals surface area contributed by atoms with Crippen molar-refractivity contribution in [2.75, 3.05) is 19.6 Å². The van der Waals surface area contributed by atoms with Crippen LogP contribution in [0.2, 0.25) is 0 Å². The molecule has 30 heavy (non-hydrogen) atoms. The van der Waals surface area contributed by atoms with Crippen LogP contribution in [0.15, 0.2) is 36.7 Å². The fourth-order valence-corrected chi connectivity index (χ4v) is 3.43. The number of rotatable bonds is 3. The number of carbonyl (C=O) groups is 2. The van der Waals surface area contributed by atoms with Crippen molar-refractivity contribution in [1.29, 1.82) is 0 Å². The standard InChI is InChI=1S/C23H30N4O3/c1-6-17-7-9-18(10-8-17)20-15-26(22(29)30-23(3,4)5)11-12-27(20)21(28)19-14-24-16(2)13-25-19/h7-10,13-14,20H,6,11-12,15H2,1-5H3. The molecule has 0 spiro atoms. The Morgan fingerprint density at radius 2 is 1.80 bits per heavy atom. The minimum absolute atomic E-state index is 0.184. The van der Waals surface area contributed by atoms with Gasteiger partial charge < -0.3 is 14.5 Å². The third-order valence-corrected chi connectivity index (χ3v) is 5.07. The molecule has 0 N–H and O–H groups in total. The van der Waals surface area contributed by atoms with Crippen LogP contribution in [0, 0.1) is 6.92 Å². The lowest BCUT2D eigenvalue weighted by Crippen LogP contribution is -2.53. The highest BCUT2D eigenvalue weighted by Crippen LogP contribution is 2.28. The normalized spacial score (nSPS) is 17.0. The molecule has 160 valence electrons. The van der Waals surface area contributed by atoms with Gasteiger partial charge >= 0.3 is 6.09 Å². The van der Waals surface area contributed by atoms with Gasteiger partial charge in [-0.2, -0.15) is 0 Å². The van der Waals surface area contributed by atoms with Crippen LogP contribution in [0.1, 0.15) is 61.0 Å². The number of carbonyl (C=O) groups excluding carboxylic acids is 2. The maximum atomic E-state index is 13.2. The summed E-state index contributed by atoms with van der Waals surface area (Å²) in [5, 5.41) is 0. The van der Waals surface area contributed by atoms with Gasteiger partial charge in [0.15, 0.2) is 0 Å². The lowest BCUT2D eigenvalue weighted by atomic mass is 10.00. The zero-order valence-corrected chi connectivity index (χ0v) is 18.4. The van der Waals surface area contributed by atoms with Crippen LogP contribution in [-0.2, 0) is 11.2 Å². The summed E-state index contributed by atoms with van der Waals surface area (Å²) in [6, 6.07) is 7.91. The van der Waals surface area contributed by atoms with Crippen LogP contribution in [-0.4, -0.2) is 57.0 Å². The third-order valence-electron chi connectivity index (χ3n) is 5.07. The summed E-state index contributed by atoms with van der Waals surface area (Å²) in [5.41, 5.74) is 2.70. The van der Waals surface area contributed by atoms with Crippen LogP contribution in [0.3, 0.4) is 0 Å². The molecule has 2 heterocycles. The van der Waals surface area contributed by atoms with Crippen molar-refractivity contribution >= 4 is 12.0 Å². The maximum absolute atomic E-state index is 13.2. The average molecular weight is 411 g/mol. The van der Waals surface area contributed by atoms with Gasteiger partial charge in [0, 0.05) is 25.8 Å². The SMILES string of the molecule is CCc1ccc(C2CN(C(=O)OC(C)(C)C)CCN2C(=O)c2cnc(C)cn2)cc1. The second kappa shape index (κ2) is 8.81. The van der Waals surface area contributed by atoms with E-state index in [0.29, 0.717) is 25.3 Å². The molecular weight excluding hydrogens is 380 g/mol. The molecule has 7 heteroatoms. The Hall–Kier alpha value is -2.96. The van der Waals surface area contributed by atoms with Crippen molar-refractivity contribution in [1.82, 2.24) is 19.8 Å². The molecule has 1 aliphatic rings. The summed E-state index contributed by atoms with van der Waals surface area (Å²) >= 11 is 0. The number of aryl methyl sites for hydroxylation is 2. The highest BCUT2D eigenvalue weighted by Gasteiger charge is 2.36. The molecule has 0 radical (unpaired) electrons. The lowest BCUT2D eigenvalue weighted by molar-refractivity contribution is 0.00395. The van der Waals surface area contributed by atoms with Gasteiger partial charge in [0.05, 0.1) is 17.9 Å². The van der Waals surface area contributed by atoms with Gasteiger partial charge in [-0.1, -0.05) is 31.2 Å². The topological polar surface area (TPSA) is 75.6 Å². The number of aromatic nitrogens is 2. The molecule has 2 amide bonds. The molecule has 0 saturated carbocycles. The number of amides is 2. The van der Waals surface area contributed by atoms with Gasteiger partial charge in [-0.3, -0.25) is 9.78 Å². The minimum Gasteiger partial charge on any atom is -0.444 e. The van der Waals surface area contributed by atoms with E-state index in [4.69, 9.17) is 4.74 Å². The van der Waals surface area contributed by atoms with E-state index in [1.54, 1.807) is 16.0 Å². The van der Waals surface area contributed by atoms with E-state index >= 15 is 0 Å². The number of ether oxygens (including phenoxy) is 1. The molecule has 1 aliphatic heterocycles. The van der Waals surface area contributed by atoms with Crippen LogP contribution in [0.4, 0.5) is 4.79 Å². The van der Waals surface area contributed by atoms with E-state index in [1.165, 1.54) is 11.8 Å². The van der Waals surface area contributed by atoms with Crippen LogP contribution in [0.5, 0.6) is 0 Å². The maximum Gasteiger partial charge on any atom is 0.410 e. The Morgan fingerprint density at radius 1 is 1.10 bits per heavy atom. The van der Waals surface area contributed by atoms with Crippen LogP contribution < -0.4 is 0 Å². The van der Waals surface area contributed by atoms with E-state index in [1.807, 2.05) is 39.8 Å². The second-order valence-corrected chi connectivity index (χ2v) is 8.58. The zero-order chi connectivity index (χ0) is 21.9. The summed E-state index contributed by atoms with van der Waals surface area (Å²) < 4.78 is 5.55. The van der Waals surface area contributed by atoms with Gasteiger partial charge in [-0.25, -0.2) is 9.78 Å². The number of benzene rings is 1. The monoisotopic (exact) mass is 410 g/mol. The number of piperazine rings is 1. The Kier molecular flexibility index (Phi) is 6.39. The summed E-state index contributed by atoms with van der Waals surface area (Å²) in [7, 11) is 0. The fourth-order valence-electron chi connectivity index (χ4n) is 3.43. The van der Waals surface area contributed by atoms with E-state index in [9.17, 15) is 9.59 Å². The van der Waals surface area contributed by atoms with Gasteiger partial charge in [0.1, 0.15) is 11.3 Å². The zero-order valence-electron chi connectivity index (χ0n) is 18.4. The quantitative estimate of drug-likeness (QED) is 0.770. The summed E-state index contributed by atoms with van der Waals surface area (Å²) in [4.78, 5) is 37.8. The van der Waals surface area contributed by atoms with Crippen molar-refractivity contribution in [3.8, 4) is 0 Å². The molecule has 2 aromatic rings. The number of hydrogen-bond donors (Lipinski definition) is 0. The predicted molar refractivity (Wildman–Crippen MR) is 114 cm³/mol. The highest BCUT2D eigenvalue weighted by molar-refractivity contribution is 5.92. The van der Waals surface area contributed by atoms with E-state index in [0.717, 1.165) is 17.7 Å². The van der Waals surface area contributed by atoms with Crippen molar-refractivity contribution in [3.05, 3.63) is 59.2 Å². The molecule has 0 bridgehead atoms. The lowest BCUT2D eigenvalue weighted by Gasteiger charge is -2.41. The molecule has 3 rings (SSSR count). The molecule has 7 nitrogen and oxygen atoms in total. The summed E-state index contributed by atoms with van der Waals surface area (Å²) in [6.07, 6.45) is 3.68. The average Bonchev–Trinajstić information content (AvgIpc) is 2.72. The van der Waals surface area contributed by atoms with Crippen molar-refractivity contribution < 1.29 is 14.3 Å². The van der Waals surface area contributed by atoms with Gasteiger partial charge in [0.2, 0.25) is 0 Å². The largest absolute Gasteiger partial charge is 0.444 e. The van der Waals surface area contributed by atoms with Gasteiger partial charge in [-0.15, -0.1) is 0 Å². The van der Waals surface area contributed by atoms with E-state index in [-0.39, 0.29) is 18.0 Å². The summed E-state index contributed by atoms with van der Waals surface area (Å²) in [5.74, 6) is -0.184. The summed E-state index contributed by atoms with van der Waals surface area (Å²) in [6.45, 7) is 10.7. The molecular formula is C23H30N4O3. The Morgan fingerprint density at radius 3 is 2.37 bits per heavy atom. The molecule has 1 aromatic heterocycles. The van der Waals surface area contributed by atoms with Crippen molar-refractivity contribution in [2.45, 2.75) is 52.7 Å². The van der Waals surface area contributed by atoms with E-state index in [2.05, 4.69) is 29.0 Å². The Balaban J connectivity index is 1.88. The number of nitrogens with zero attached hydrogens (tertiary/aromatic N) is 4. The van der Waals surface area contributed by atoms with Crippen molar-refractivity contribution in [2.24, 2.45) is 0 Å². The van der Waals surface area contributed by atoms with Crippen LogP contribution >= 0.6 is 0 Å². The molecule has 1 saturated heterocycles. The number of hydrogen-bond acceptors (Lipinski definition) is 5. The predicted octanol–water partition coefficient (Wildman–Crippen LogP) is 3.78. The first kappa shape index (κ1) is 21.7. The van der Waals surface area contributed by atoms with Crippen LogP contribution in [0.25, 0.3) is 0 Å². The highest BCUT2D eigenvalue weighted by atomic mass is 16.6. The smallest absolute Gasteiger partial charge is 0.410 e. The van der Waals surface area contributed by atoms with Crippen molar-refractivity contribution in [3.63, 3.8) is 0 Å². The molecule has 1 aromatic carbocycles. The Labute approximate surface area is 178 Å². The first-order chi connectivity index (χ1) is 14.2. The molecule has 1 atom stereocenters. The molecule has 1 fully saturated rings. The fraction of sp³-hybridized carbons (Fsp3) is 0.478. The molecule has 0 aliphatic carbocycles. The first-order valence-electron chi connectivity index (χ1n) is 10.3.